The van der Waals surface area contributed by atoms with Crippen LogP contribution in [0.2, 0.25) is 0 Å². The van der Waals surface area contributed by atoms with Crippen molar-refractivity contribution in [2.24, 2.45) is 51.6 Å². The Labute approximate surface area is 709 Å². The van der Waals surface area contributed by atoms with Crippen LogP contribution in [0.1, 0.15) is 177 Å². The average Bonchev–Trinajstić information content (AvgIpc) is 1.61. The molecule has 0 aliphatic heterocycles. The summed E-state index contributed by atoms with van der Waals surface area (Å²) < 4.78 is 2.07. The molecule has 3 aromatic rings. The predicted molar refractivity (Wildman–Crippen MR) is 464 cm³/mol. The van der Waals surface area contributed by atoms with Crippen LogP contribution in [0.3, 0.4) is 0 Å². The highest BCUT2D eigenvalue weighted by Gasteiger charge is 2.35. The number of aldehydes is 1. The van der Waals surface area contributed by atoms with E-state index in [1.165, 1.54) is 0 Å². The quantitative estimate of drug-likeness (QED) is 0.0109. The summed E-state index contributed by atoms with van der Waals surface area (Å²) in [5.74, 6) is -10.4. The average molecular weight is 1710 g/mol. The van der Waals surface area contributed by atoms with E-state index in [4.69, 9.17) is 89.5 Å². The Balaban J connectivity index is 1.79. The fourth-order valence-corrected chi connectivity index (χ4v) is 13.0. The molecule has 0 bridgehead atoms. The van der Waals surface area contributed by atoms with Crippen LogP contribution >= 0.6 is 0 Å². The summed E-state index contributed by atoms with van der Waals surface area (Å²) in [5, 5.41) is 101. The lowest BCUT2D eigenvalue weighted by Gasteiger charge is -2.28. The van der Waals surface area contributed by atoms with Crippen LogP contribution in [0, 0.1) is 37.9 Å². The Morgan fingerprint density at radius 3 is 0.943 bits per heavy atom. The third-order valence-corrected chi connectivity index (χ3v) is 19.2. The highest BCUT2D eigenvalue weighted by Crippen LogP contribution is 2.30. The number of nitrogens with two attached hydrogens (primary N) is 9. The van der Waals surface area contributed by atoms with E-state index in [1.54, 1.807) is 6.07 Å². The van der Waals surface area contributed by atoms with E-state index in [-0.39, 0.29) is 198 Å². The molecule has 0 radical (unpaired) electrons. The number of guanidine groups is 7. The summed E-state index contributed by atoms with van der Waals surface area (Å²) in [5.41, 5.74) is 52.5. The van der Waals surface area contributed by atoms with Crippen molar-refractivity contribution in [3.05, 3.63) is 48.0 Å². The molecule has 8 atom stereocenters. The second-order valence-electron chi connectivity index (χ2n) is 29.2. The monoisotopic (exact) mass is 1710 g/mol. The van der Waals surface area contributed by atoms with Crippen molar-refractivity contribution in [1.82, 2.24) is 95.0 Å². The van der Waals surface area contributed by atoms with E-state index in [0.29, 0.717) is 76.6 Å². The van der Waals surface area contributed by atoms with Gasteiger partial charge in [-0.25, -0.2) is 0 Å². The molecule has 2 aromatic carbocycles. The number of aryl methyl sites for hydroxylation is 1. The smallest absolute Gasteiger partial charge is 0.243 e. The normalized spacial score (nSPS) is 12.8. The maximum Gasteiger partial charge on any atom is 0.243 e. The molecule has 0 saturated carbocycles. The summed E-state index contributed by atoms with van der Waals surface area (Å²) >= 11 is 0. The molecule has 0 spiro atoms. The van der Waals surface area contributed by atoms with Crippen LogP contribution in [0.5, 0.6) is 0 Å². The number of carbonyl (C=O) groups is 12. The summed E-state index contributed by atoms with van der Waals surface area (Å²) in [4.78, 5) is 165. The Kier molecular flexibility index (Phi) is 49.7. The molecule has 3 rings (SSSR count). The Morgan fingerprint density at radius 2 is 0.607 bits per heavy atom. The van der Waals surface area contributed by atoms with Crippen molar-refractivity contribution in [2.75, 3.05) is 65.4 Å². The van der Waals surface area contributed by atoms with E-state index in [2.05, 4.69) is 95.0 Å². The molecule has 0 fully saturated rings. The standard InChI is InChI=1S/C76H132N34O12/c77-33-8-7-19-49(62(78)115)104-65(118)52(22-13-38-97-72(83)84)106-67(120)54(24-15-40-99-74(87)88)108-69(122)56(26-17-42-101-76(91)92)109-68(121)55(25-16-41-100-75(89)90)107-66(119)53(23-14-39-98-73(85)86)105-64(117)51(21-12-37-96-71(81)82)103-61(114)29-4-2-10-35-94-63(116)50(20-11-36-95-70(79)80)102-60(113)28-3-1-9-34-93-59(112)32-43-110-57-27-6-5-18-47(57)48-44-46(45-111)30-31-58(48)110/h5-6,18,27,30-31,44-45,49-56H,1-4,7-17,19-26,28-29,32-43,77H2,(H2,78,115)(H,93,112)(H,94,116)(H,102,113)(H,103,114)(H,104,118)(H,105,117)(H,106,120)(H,107,119)(H,108,122)(H,109,121)(H4,79,80,95)(H4,81,82,96)(H4,83,84,97)(H4,85,86,98)(H4,87,88,99)(H4,89,90,100)(H4,91,92,101)/t49-,50-,51-,52-,53-,54-,55-,56-/m1/s1. The zero-order chi connectivity index (χ0) is 90.3. The van der Waals surface area contributed by atoms with Crippen molar-refractivity contribution >= 4 is 135 Å². The van der Waals surface area contributed by atoms with E-state index in [0.717, 1.165) is 28.1 Å². The molecule has 1 heterocycles. The van der Waals surface area contributed by atoms with Gasteiger partial charge in [0.05, 0.1) is 0 Å². The third kappa shape index (κ3) is 43.6. The number of fused-ring (bicyclic) bond motifs is 3. The second kappa shape index (κ2) is 58.8. The number of aromatic nitrogens is 1. The van der Waals surface area contributed by atoms with Crippen LogP contribution in [0.15, 0.2) is 42.5 Å². The predicted octanol–water partition coefficient (Wildman–Crippen LogP) is -5.31. The van der Waals surface area contributed by atoms with Crippen molar-refractivity contribution in [3.63, 3.8) is 0 Å². The SMILES string of the molecule is N=C(N)NCCC[C@@H](NC(=O)CCCCCNC(=O)CCn1c2ccccc2c2cc(C=O)ccc21)C(=O)NCCCCCC(=O)N[C@H](CCCNC(=N)N)C(=O)N[C@H](CCCNC(=N)N)C(=O)N[C@H](CCCNC(=N)N)C(=O)N[C@H](CCCNC(=N)N)C(=O)N[C@H](CCCNC(=N)N)C(=O)N[C@H](CCCNC(=N)N)C(=O)N[C@H](CCCCN)C(N)=O. The molecule has 0 saturated heterocycles. The van der Waals surface area contributed by atoms with Crippen molar-refractivity contribution in [2.45, 2.75) is 222 Å². The van der Waals surface area contributed by atoms with Gasteiger partial charge in [0.25, 0.3) is 0 Å². The van der Waals surface area contributed by atoms with Gasteiger partial charge in [-0.2, -0.15) is 0 Å². The number of amides is 11. The molecule has 0 aliphatic rings. The zero-order valence-electron chi connectivity index (χ0n) is 69.4. The minimum Gasteiger partial charge on any atom is -0.370 e. The molecule has 11 amide bonds. The first-order chi connectivity index (χ1) is 58.2. The Morgan fingerprint density at radius 1 is 0.303 bits per heavy atom. The maximum absolute atomic E-state index is 14.8. The first-order valence-electron chi connectivity index (χ1n) is 41.2. The summed E-state index contributed by atoms with van der Waals surface area (Å²) in [7, 11) is 0. The molecular formula is C76H132N34O12. The second-order valence-corrected chi connectivity index (χ2v) is 29.2. The fourth-order valence-electron chi connectivity index (χ4n) is 13.0. The number of unbranched alkanes of at least 4 members (excludes halogenated alkanes) is 5. The van der Waals surface area contributed by atoms with Gasteiger partial charge < -0.3 is 147 Å². The molecule has 678 valence electrons. The van der Waals surface area contributed by atoms with Crippen molar-refractivity contribution in [3.8, 4) is 0 Å². The van der Waals surface area contributed by atoms with E-state index in [9.17, 15) is 57.5 Å². The van der Waals surface area contributed by atoms with Gasteiger partial charge in [0.1, 0.15) is 54.6 Å². The van der Waals surface area contributed by atoms with Gasteiger partial charge >= 0.3 is 0 Å². The van der Waals surface area contributed by atoms with Crippen LogP contribution in [0.25, 0.3) is 21.8 Å². The number of nitrogens with zero attached hydrogens (tertiary/aromatic N) is 1. The largest absolute Gasteiger partial charge is 0.370 e. The van der Waals surface area contributed by atoms with Gasteiger partial charge in [0, 0.05) is 112 Å². The number of nitrogens with one attached hydrogen (secondary N) is 24. The van der Waals surface area contributed by atoms with E-state index >= 15 is 0 Å². The molecule has 0 aliphatic carbocycles. The van der Waals surface area contributed by atoms with Gasteiger partial charge in [-0.3, -0.25) is 95.4 Å². The number of hydrogen-bond acceptors (Lipinski definition) is 20. The molecule has 46 nitrogen and oxygen atoms in total. The van der Waals surface area contributed by atoms with Gasteiger partial charge in [-0.15, -0.1) is 0 Å². The molecule has 46 heteroatoms. The fraction of sp³-hybridized carbons (Fsp3) is 0.592. The molecule has 1 aromatic heterocycles. The lowest BCUT2D eigenvalue weighted by atomic mass is 10.0. The third-order valence-electron chi connectivity index (χ3n) is 19.2. The highest BCUT2D eigenvalue weighted by atomic mass is 16.2. The van der Waals surface area contributed by atoms with E-state index < -0.39 is 125 Å². The Hall–Kier alpha value is -13.1. The number of carbonyl (C=O) groups excluding carboxylic acids is 12. The van der Waals surface area contributed by atoms with E-state index in [1.807, 2.05) is 36.4 Å². The first kappa shape index (κ1) is 103. The lowest BCUT2D eigenvalue weighted by Crippen LogP contribution is -2.60. The lowest BCUT2D eigenvalue weighted by molar-refractivity contribution is -0.136. The van der Waals surface area contributed by atoms with Crippen LogP contribution in [0.4, 0.5) is 0 Å². The maximum atomic E-state index is 14.8. The van der Waals surface area contributed by atoms with Gasteiger partial charge in [0.15, 0.2) is 41.7 Å². The summed E-state index contributed by atoms with van der Waals surface area (Å²) in [6.45, 7) is 1.80. The molecular weight excluding hydrogens is 1580 g/mol. The van der Waals surface area contributed by atoms with Gasteiger partial charge in [0.2, 0.25) is 65.0 Å². The minimum atomic E-state index is -1.53. The molecule has 0 unspecified atom stereocenters. The number of benzene rings is 2. The highest BCUT2D eigenvalue weighted by molar-refractivity contribution is 6.09. The number of rotatable bonds is 64. The topological polar surface area (TPSA) is 815 Å². The molecule has 42 N–H and O–H groups in total. The number of para-hydroxylation sites is 1. The van der Waals surface area contributed by atoms with Crippen LogP contribution in [-0.4, -0.2) is 231 Å². The van der Waals surface area contributed by atoms with Crippen molar-refractivity contribution in [1.29, 1.82) is 37.9 Å². The van der Waals surface area contributed by atoms with Gasteiger partial charge in [-0.1, -0.05) is 31.0 Å². The number of primary amides is 1. The number of hydrogen-bond donors (Lipinski definition) is 33. The van der Waals surface area contributed by atoms with Crippen molar-refractivity contribution < 1.29 is 57.5 Å². The Bertz CT molecular complexity index is 3970. The summed E-state index contributed by atoms with van der Waals surface area (Å²) in [6, 6.07) is 2.50. The van der Waals surface area contributed by atoms with Gasteiger partial charge in [-0.05, 0) is 166 Å². The van der Waals surface area contributed by atoms with Crippen LogP contribution < -0.4 is 142 Å². The first-order valence-corrected chi connectivity index (χ1v) is 41.2. The zero-order valence-corrected chi connectivity index (χ0v) is 69.4. The summed E-state index contributed by atoms with van der Waals surface area (Å²) in [6.07, 6.45) is 5.23. The molecule has 122 heavy (non-hydrogen) atoms. The van der Waals surface area contributed by atoms with Crippen LogP contribution in [-0.2, 0) is 59.3 Å². The minimum absolute atomic E-state index is 0.00425.